The Kier molecular flexibility index (Phi) is 3.87. The summed E-state index contributed by atoms with van der Waals surface area (Å²) in [4.78, 5) is 0. The van der Waals surface area contributed by atoms with Crippen LogP contribution in [0.3, 0.4) is 0 Å². The molecule has 0 radical (unpaired) electrons. The molecule has 0 aromatic rings. The van der Waals surface area contributed by atoms with E-state index in [0.717, 1.165) is 18.8 Å². The third-order valence-corrected chi connectivity index (χ3v) is 1.91. The second-order valence-electron chi connectivity index (χ2n) is 2.93. The molecule has 0 spiro atoms. The van der Waals surface area contributed by atoms with Gasteiger partial charge in [0.1, 0.15) is 0 Å². The smallest absolute Gasteiger partial charge is 0.0542 e. The third-order valence-electron chi connectivity index (χ3n) is 1.91. The van der Waals surface area contributed by atoms with Crippen LogP contribution in [0.2, 0.25) is 0 Å². The molecule has 0 aliphatic heterocycles. The van der Waals surface area contributed by atoms with Gasteiger partial charge < -0.3 is 5.11 Å². The second kappa shape index (κ2) is 3.89. The molecule has 1 saturated carbocycles. The van der Waals surface area contributed by atoms with Crippen LogP contribution in [0.4, 0.5) is 0 Å². The summed E-state index contributed by atoms with van der Waals surface area (Å²) in [6.07, 6.45) is 4.61. The largest absolute Gasteiger partial charge is 0.393 e. The first kappa shape index (κ1) is 8.96. The van der Waals surface area contributed by atoms with Gasteiger partial charge >= 0.3 is 0 Å². The number of hydrogen-bond acceptors (Lipinski definition) is 1. The highest BCUT2D eigenvalue weighted by atomic mass is 16.3. The van der Waals surface area contributed by atoms with Gasteiger partial charge in [0.15, 0.2) is 0 Å². The Morgan fingerprint density at radius 1 is 1.33 bits per heavy atom. The van der Waals surface area contributed by atoms with Crippen molar-refractivity contribution >= 4 is 0 Å². The van der Waals surface area contributed by atoms with E-state index in [2.05, 4.69) is 6.92 Å². The summed E-state index contributed by atoms with van der Waals surface area (Å²) in [6.45, 7) is 2.21. The lowest BCUT2D eigenvalue weighted by molar-refractivity contribution is 0.106. The summed E-state index contributed by atoms with van der Waals surface area (Å²) in [5, 5.41) is 9.08. The van der Waals surface area contributed by atoms with Crippen LogP contribution in [0.15, 0.2) is 0 Å². The summed E-state index contributed by atoms with van der Waals surface area (Å²) < 4.78 is 0. The minimum atomic E-state index is 0. The van der Waals surface area contributed by atoms with E-state index in [0.29, 0.717) is 0 Å². The third kappa shape index (κ3) is 2.85. The first-order valence-electron chi connectivity index (χ1n) is 3.47. The minimum Gasteiger partial charge on any atom is -0.393 e. The molecule has 1 nitrogen and oxygen atoms in total. The molecule has 0 heterocycles. The summed E-state index contributed by atoms with van der Waals surface area (Å²) in [6, 6.07) is 0. The molecule has 0 saturated heterocycles. The highest BCUT2D eigenvalue weighted by Crippen LogP contribution is 2.22. The molecular formula is C8H18O. The Balaban J connectivity index is 0.000000640. The van der Waals surface area contributed by atoms with Crippen LogP contribution in [0, 0.1) is 5.92 Å². The van der Waals surface area contributed by atoms with Crippen molar-refractivity contribution in [3.05, 3.63) is 0 Å². The van der Waals surface area contributed by atoms with Gasteiger partial charge in [0.05, 0.1) is 6.10 Å². The topological polar surface area (TPSA) is 20.2 Å². The number of aliphatic hydroxyl groups excluding tert-OH is 1. The lowest BCUT2D eigenvalue weighted by atomic mass is 9.89. The predicted octanol–water partition coefficient (Wildman–Crippen LogP) is 2.19. The lowest BCUT2D eigenvalue weighted by Crippen LogP contribution is -2.16. The molecule has 0 amide bonds. The van der Waals surface area contributed by atoms with Crippen molar-refractivity contribution in [3.8, 4) is 0 Å². The van der Waals surface area contributed by atoms with Crippen molar-refractivity contribution in [1.29, 1.82) is 0 Å². The van der Waals surface area contributed by atoms with E-state index in [4.69, 9.17) is 5.11 Å². The van der Waals surface area contributed by atoms with E-state index in [9.17, 15) is 0 Å². The predicted molar refractivity (Wildman–Crippen MR) is 40.4 cm³/mol. The van der Waals surface area contributed by atoms with Crippen LogP contribution in [0.5, 0.6) is 0 Å². The standard InChI is InChI=1S/C7H14O.CH4/c1-6-3-2-4-7(8)5-6;/h6-8H,2-5H2,1H3;1H4. The van der Waals surface area contributed by atoms with Gasteiger partial charge in [0, 0.05) is 0 Å². The molecule has 1 rings (SSSR count). The maximum absolute atomic E-state index is 9.08. The highest BCUT2D eigenvalue weighted by molar-refractivity contribution is 4.67. The molecule has 2 unspecified atom stereocenters. The zero-order valence-electron chi connectivity index (χ0n) is 5.43. The molecule has 0 aromatic carbocycles. The van der Waals surface area contributed by atoms with Gasteiger partial charge in [0.2, 0.25) is 0 Å². The summed E-state index contributed by atoms with van der Waals surface area (Å²) in [7, 11) is 0. The Labute approximate surface area is 58.1 Å². The SMILES string of the molecule is C.CC1CCCC(O)C1. The molecule has 0 aromatic heterocycles. The number of hydrogen-bond donors (Lipinski definition) is 1. The van der Waals surface area contributed by atoms with E-state index in [1.54, 1.807) is 0 Å². The Morgan fingerprint density at radius 2 is 2.00 bits per heavy atom. The van der Waals surface area contributed by atoms with Gasteiger partial charge in [0.25, 0.3) is 0 Å². The van der Waals surface area contributed by atoms with Crippen LogP contribution in [-0.4, -0.2) is 11.2 Å². The average Bonchev–Trinajstić information content (AvgIpc) is 1.64. The fraction of sp³-hybridized carbons (Fsp3) is 1.00. The van der Waals surface area contributed by atoms with E-state index in [1.807, 2.05) is 0 Å². The molecule has 0 bridgehead atoms. The Morgan fingerprint density at radius 3 is 2.33 bits per heavy atom. The van der Waals surface area contributed by atoms with Crippen molar-refractivity contribution < 1.29 is 5.11 Å². The monoisotopic (exact) mass is 130 g/mol. The molecule has 1 aliphatic rings. The lowest BCUT2D eigenvalue weighted by Gasteiger charge is -2.21. The van der Waals surface area contributed by atoms with Crippen molar-refractivity contribution in [2.45, 2.75) is 46.1 Å². The van der Waals surface area contributed by atoms with Crippen molar-refractivity contribution in [3.63, 3.8) is 0 Å². The maximum Gasteiger partial charge on any atom is 0.0542 e. The Hall–Kier alpha value is -0.0400. The summed E-state index contributed by atoms with van der Waals surface area (Å²) >= 11 is 0. The molecule has 1 aliphatic carbocycles. The quantitative estimate of drug-likeness (QED) is 0.533. The fourth-order valence-electron chi connectivity index (χ4n) is 1.40. The zero-order valence-corrected chi connectivity index (χ0v) is 5.43. The van der Waals surface area contributed by atoms with Gasteiger partial charge in [-0.3, -0.25) is 0 Å². The van der Waals surface area contributed by atoms with E-state index < -0.39 is 0 Å². The average molecular weight is 130 g/mol. The molecule has 1 fully saturated rings. The van der Waals surface area contributed by atoms with Crippen molar-refractivity contribution in [1.82, 2.24) is 0 Å². The molecular weight excluding hydrogens is 112 g/mol. The normalized spacial score (nSPS) is 35.3. The van der Waals surface area contributed by atoms with Crippen LogP contribution < -0.4 is 0 Å². The number of rotatable bonds is 0. The first-order valence-corrected chi connectivity index (χ1v) is 3.47. The van der Waals surface area contributed by atoms with E-state index in [1.165, 1.54) is 12.8 Å². The van der Waals surface area contributed by atoms with Gasteiger partial charge in [-0.25, -0.2) is 0 Å². The second-order valence-corrected chi connectivity index (χ2v) is 2.93. The fourth-order valence-corrected chi connectivity index (χ4v) is 1.40. The maximum atomic E-state index is 9.08. The van der Waals surface area contributed by atoms with Crippen molar-refractivity contribution in [2.75, 3.05) is 0 Å². The van der Waals surface area contributed by atoms with Crippen LogP contribution in [0.25, 0.3) is 0 Å². The van der Waals surface area contributed by atoms with Gasteiger partial charge in [-0.2, -0.15) is 0 Å². The van der Waals surface area contributed by atoms with Gasteiger partial charge in [-0.1, -0.05) is 27.2 Å². The molecule has 1 heteroatoms. The minimum absolute atomic E-state index is 0. The van der Waals surface area contributed by atoms with Crippen LogP contribution in [0.1, 0.15) is 40.0 Å². The summed E-state index contributed by atoms with van der Waals surface area (Å²) in [5.41, 5.74) is 0. The zero-order chi connectivity index (χ0) is 5.98. The van der Waals surface area contributed by atoms with Crippen LogP contribution in [-0.2, 0) is 0 Å². The number of aliphatic hydroxyl groups is 1. The van der Waals surface area contributed by atoms with E-state index in [-0.39, 0.29) is 13.5 Å². The summed E-state index contributed by atoms with van der Waals surface area (Å²) in [5.74, 6) is 0.763. The highest BCUT2D eigenvalue weighted by Gasteiger charge is 2.15. The Bertz CT molecular complexity index is 63.0. The molecule has 1 N–H and O–H groups in total. The van der Waals surface area contributed by atoms with Gasteiger partial charge in [-0.15, -0.1) is 0 Å². The molecule has 9 heavy (non-hydrogen) atoms. The molecule has 56 valence electrons. The van der Waals surface area contributed by atoms with Crippen molar-refractivity contribution in [2.24, 2.45) is 5.92 Å². The van der Waals surface area contributed by atoms with Gasteiger partial charge in [-0.05, 0) is 18.8 Å². The van der Waals surface area contributed by atoms with E-state index >= 15 is 0 Å². The first-order chi connectivity index (χ1) is 3.79. The van der Waals surface area contributed by atoms with Crippen LogP contribution >= 0.6 is 0 Å². The molecule has 2 atom stereocenters.